The molecule has 0 N–H and O–H groups in total. The standard InChI is InChI=1S/C9H19ClO3S/c1-9(2)5-3-6-13-7-4-8-14(10,11)12/h9H,3-8H2,1-2H3. The molecule has 0 aromatic rings. The van der Waals surface area contributed by atoms with Gasteiger partial charge in [0.25, 0.3) is 0 Å². The lowest BCUT2D eigenvalue weighted by Gasteiger charge is -2.05. The minimum absolute atomic E-state index is 0.00125. The summed E-state index contributed by atoms with van der Waals surface area (Å²) in [5.74, 6) is 0.695. The fourth-order valence-electron chi connectivity index (χ4n) is 1.03. The van der Waals surface area contributed by atoms with E-state index < -0.39 is 9.05 Å². The van der Waals surface area contributed by atoms with Crippen molar-refractivity contribution < 1.29 is 13.2 Å². The first kappa shape index (κ1) is 14.2. The minimum Gasteiger partial charge on any atom is -0.381 e. The van der Waals surface area contributed by atoms with Crippen molar-refractivity contribution in [2.75, 3.05) is 19.0 Å². The first-order chi connectivity index (χ1) is 6.42. The predicted molar refractivity (Wildman–Crippen MR) is 59.1 cm³/mol. The van der Waals surface area contributed by atoms with Gasteiger partial charge in [0.15, 0.2) is 0 Å². The minimum atomic E-state index is -3.34. The van der Waals surface area contributed by atoms with E-state index in [4.69, 9.17) is 15.4 Å². The summed E-state index contributed by atoms with van der Waals surface area (Å²) in [6, 6.07) is 0. The van der Waals surface area contributed by atoms with Gasteiger partial charge in [-0.2, -0.15) is 0 Å². The fraction of sp³-hybridized carbons (Fsp3) is 1.00. The van der Waals surface area contributed by atoms with Gasteiger partial charge in [-0.05, 0) is 25.2 Å². The second kappa shape index (κ2) is 7.49. The van der Waals surface area contributed by atoms with Crippen LogP contribution in [0.5, 0.6) is 0 Å². The molecule has 0 aliphatic rings. The number of hydrogen-bond donors (Lipinski definition) is 0. The van der Waals surface area contributed by atoms with E-state index in [0.717, 1.165) is 12.8 Å². The third-order valence-corrected chi connectivity index (χ3v) is 2.99. The van der Waals surface area contributed by atoms with Gasteiger partial charge in [-0.1, -0.05) is 13.8 Å². The van der Waals surface area contributed by atoms with Crippen LogP contribution in [-0.4, -0.2) is 27.4 Å². The van der Waals surface area contributed by atoms with Crippen molar-refractivity contribution in [1.82, 2.24) is 0 Å². The van der Waals surface area contributed by atoms with Gasteiger partial charge in [-0.3, -0.25) is 0 Å². The lowest BCUT2D eigenvalue weighted by molar-refractivity contribution is 0.129. The summed E-state index contributed by atoms with van der Waals surface area (Å²) >= 11 is 0. The Morgan fingerprint density at radius 1 is 1.21 bits per heavy atom. The maximum atomic E-state index is 10.5. The number of halogens is 1. The average molecular weight is 243 g/mol. The van der Waals surface area contributed by atoms with Crippen LogP contribution in [-0.2, 0) is 13.8 Å². The SMILES string of the molecule is CC(C)CCCOCCCS(=O)(=O)Cl. The molecule has 0 radical (unpaired) electrons. The van der Waals surface area contributed by atoms with Gasteiger partial charge in [0.05, 0.1) is 5.75 Å². The summed E-state index contributed by atoms with van der Waals surface area (Å²) < 4.78 is 26.3. The smallest absolute Gasteiger partial charge is 0.232 e. The van der Waals surface area contributed by atoms with Crippen molar-refractivity contribution in [2.24, 2.45) is 5.92 Å². The van der Waals surface area contributed by atoms with E-state index in [-0.39, 0.29) is 5.75 Å². The lowest BCUT2D eigenvalue weighted by atomic mass is 10.1. The molecule has 0 rings (SSSR count). The molecule has 0 aromatic carbocycles. The number of ether oxygens (including phenoxy) is 1. The van der Waals surface area contributed by atoms with E-state index in [1.54, 1.807) is 0 Å². The molecule has 0 atom stereocenters. The van der Waals surface area contributed by atoms with E-state index in [2.05, 4.69) is 13.8 Å². The summed E-state index contributed by atoms with van der Waals surface area (Å²) in [5.41, 5.74) is 0. The van der Waals surface area contributed by atoms with Crippen molar-refractivity contribution in [3.05, 3.63) is 0 Å². The average Bonchev–Trinajstić information content (AvgIpc) is 2.00. The Hall–Kier alpha value is 0.200. The van der Waals surface area contributed by atoms with E-state index in [1.807, 2.05) is 0 Å². The first-order valence-electron chi connectivity index (χ1n) is 4.92. The molecule has 5 heteroatoms. The topological polar surface area (TPSA) is 43.4 Å². The Morgan fingerprint density at radius 2 is 1.79 bits per heavy atom. The predicted octanol–water partition coefficient (Wildman–Crippen LogP) is 2.40. The molecular formula is C9H19ClO3S. The zero-order valence-corrected chi connectivity index (χ0v) is 10.4. The van der Waals surface area contributed by atoms with Gasteiger partial charge in [0.2, 0.25) is 9.05 Å². The van der Waals surface area contributed by atoms with Crippen LogP contribution in [0.3, 0.4) is 0 Å². The molecule has 0 bridgehead atoms. The van der Waals surface area contributed by atoms with Gasteiger partial charge in [0, 0.05) is 23.9 Å². The van der Waals surface area contributed by atoms with Gasteiger partial charge < -0.3 is 4.74 Å². The third-order valence-electron chi connectivity index (χ3n) is 1.75. The molecule has 0 saturated carbocycles. The van der Waals surface area contributed by atoms with Crippen molar-refractivity contribution in [3.8, 4) is 0 Å². The molecule has 3 nitrogen and oxygen atoms in total. The summed E-state index contributed by atoms with van der Waals surface area (Å²) in [7, 11) is 1.69. The van der Waals surface area contributed by atoms with E-state index in [1.165, 1.54) is 0 Å². The number of hydrogen-bond acceptors (Lipinski definition) is 3. The molecule has 0 aliphatic carbocycles. The molecular weight excluding hydrogens is 224 g/mol. The van der Waals surface area contributed by atoms with Crippen molar-refractivity contribution in [1.29, 1.82) is 0 Å². The fourth-order valence-corrected chi connectivity index (χ4v) is 1.82. The Kier molecular flexibility index (Phi) is 7.59. The van der Waals surface area contributed by atoms with Crippen LogP contribution in [0.25, 0.3) is 0 Å². The maximum Gasteiger partial charge on any atom is 0.232 e. The Morgan fingerprint density at radius 3 is 2.29 bits per heavy atom. The largest absolute Gasteiger partial charge is 0.381 e. The molecule has 0 unspecified atom stereocenters. The van der Waals surface area contributed by atoms with E-state index in [9.17, 15) is 8.42 Å². The van der Waals surface area contributed by atoms with Crippen LogP contribution in [0.2, 0.25) is 0 Å². The summed E-state index contributed by atoms with van der Waals surface area (Å²) in [6.45, 7) is 5.52. The molecule has 0 fully saturated rings. The van der Waals surface area contributed by atoms with Crippen LogP contribution in [0.15, 0.2) is 0 Å². The zero-order chi connectivity index (χ0) is 11.0. The highest BCUT2D eigenvalue weighted by Crippen LogP contribution is 2.04. The van der Waals surface area contributed by atoms with Crippen LogP contribution in [0.4, 0.5) is 0 Å². The van der Waals surface area contributed by atoms with Crippen LogP contribution in [0.1, 0.15) is 33.1 Å². The second-order valence-corrected chi connectivity index (χ2v) is 6.64. The molecule has 0 heterocycles. The highest BCUT2D eigenvalue weighted by Gasteiger charge is 2.03. The molecule has 0 amide bonds. The summed E-state index contributed by atoms with van der Waals surface area (Å²) in [4.78, 5) is 0. The van der Waals surface area contributed by atoms with Crippen molar-refractivity contribution in [3.63, 3.8) is 0 Å². The summed E-state index contributed by atoms with van der Waals surface area (Å²) in [6.07, 6.45) is 2.66. The first-order valence-corrected chi connectivity index (χ1v) is 7.40. The van der Waals surface area contributed by atoms with E-state index >= 15 is 0 Å². The Balaban J connectivity index is 3.15. The number of rotatable bonds is 8. The molecule has 0 aromatic heterocycles. The summed E-state index contributed by atoms with van der Waals surface area (Å²) in [5, 5.41) is 0. The zero-order valence-electron chi connectivity index (χ0n) is 8.83. The van der Waals surface area contributed by atoms with Gasteiger partial charge in [0.1, 0.15) is 0 Å². The third kappa shape index (κ3) is 12.2. The highest BCUT2D eigenvalue weighted by molar-refractivity contribution is 8.13. The molecule has 14 heavy (non-hydrogen) atoms. The molecule has 86 valence electrons. The molecule has 0 spiro atoms. The van der Waals surface area contributed by atoms with Crippen molar-refractivity contribution in [2.45, 2.75) is 33.1 Å². The van der Waals surface area contributed by atoms with Gasteiger partial charge >= 0.3 is 0 Å². The van der Waals surface area contributed by atoms with Gasteiger partial charge in [-0.15, -0.1) is 0 Å². The van der Waals surface area contributed by atoms with Crippen LogP contribution >= 0.6 is 10.7 Å². The van der Waals surface area contributed by atoms with Crippen molar-refractivity contribution >= 4 is 19.7 Å². The normalized spacial score (nSPS) is 12.3. The highest BCUT2D eigenvalue weighted by atomic mass is 35.7. The Bertz CT molecular complexity index is 224. The van der Waals surface area contributed by atoms with Gasteiger partial charge in [-0.25, -0.2) is 8.42 Å². The lowest BCUT2D eigenvalue weighted by Crippen LogP contribution is -2.04. The quantitative estimate of drug-likeness (QED) is 0.485. The maximum absolute atomic E-state index is 10.5. The van der Waals surface area contributed by atoms with E-state index in [0.29, 0.717) is 25.6 Å². The van der Waals surface area contributed by atoms with Crippen LogP contribution < -0.4 is 0 Å². The monoisotopic (exact) mass is 242 g/mol. The molecule has 0 saturated heterocycles. The second-order valence-electron chi connectivity index (χ2n) is 3.74. The molecule has 0 aliphatic heterocycles. The van der Waals surface area contributed by atoms with Crippen LogP contribution in [0, 0.1) is 5.92 Å². The Labute approximate surface area is 91.2 Å².